The van der Waals surface area contributed by atoms with E-state index in [0.717, 1.165) is 21.4 Å². The summed E-state index contributed by atoms with van der Waals surface area (Å²) in [4.78, 5) is 5.31. The largest absolute Gasteiger partial charge is 0.508 e. The summed E-state index contributed by atoms with van der Waals surface area (Å²) in [6.45, 7) is 1.90. The van der Waals surface area contributed by atoms with E-state index in [-0.39, 0.29) is 5.75 Å². The average Bonchev–Trinajstić information content (AvgIpc) is 2.76. The SMILES string of the molecule is Cc1nnc2c(Sc3ccc(O)cc3)nccn12. The Bertz CT molecular complexity index is 693. The Labute approximate surface area is 108 Å². The molecule has 5 nitrogen and oxygen atoms in total. The molecule has 0 saturated carbocycles. The number of fused-ring (bicyclic) bond motifs is 1. The van der Waals surface area contributed by atoms with Gasteiger partial charge in [0.25, 0.3) is 0 Å². The molecular weight excluding hydrogens is 248 g/mol. The van der Waals surface area contributed by atoms with Gasteiger partial charge >= 0.3 is 0 Å². The molecular formula is C12H10N4OS. The van der Waals surface area contributed by atoms with Crippen LogP contribution in [0, 0.1) is 6.92 Å². The van der Waals surface area contributed by atoms with Crippen molar-refractivity contribution in [3.8, 4) is 5.75 Å². The number of aromatic hydroxyl groups is 1. The molecule has 3 rings (SSSR count). The normalized spacial score (nSPS) is 10.9. The Kier molecular flexibility index (Phi) is 2.64. The maximum absolute atomic E-state index is 9.25. The number of phenolic OH excluding ortho intramolecular Hbond substituents is 1. The van der Waals surface area contributed by atoms with E-state index in [2.05, 4.69) is 15.2 Å². The van der Waals surface area contributed by atoms with Crippen LogP contribution in [-0.4, -0.2) is 24.7 Å². The van der Waals surface area contributed by atoms with Gasteiger partial charge in [0.2, 0.25) is 0 Å². The van der Waals surface area contributed by atoms with Crippen LogP contribution in [0.3, 0.4) is 0 Å². The van der Waals surface area contributed by atoms with Gasteiger partial charge in [-0.25, -0.2) is 4.98 Å². The highest BCUT2D eigenvalue weighted by molar-refractivity contribution is 7.99. The lowest BCUT2D eigenvalue weighted by Crippen LogP contribution is -1.91. The van der Waals surface area contributed by atoms with Gasteiger partial charge in [0.05, 0.1) is 0 Å². The van der Waals surface area contributed by atoms with Crippen molar-refractivity contribution >= 4 is 17.4 Å². The Morgan fingerprint density at radius 3 is 2.72 bits per heavy atom. The first-order valence-electron chi connectivity index (χ1n) is 5.37. The summed E-state index contributed by atoms with van der Waals surface area (Å²) < 4.78 is 1.90. The molecule has 0 atom stereocenters. The zero-order chi connectivity index (χ0) is 12.5. The van der Waals surface area contributed by atoms with E-state index >= 15 is 0 Å². The number of aromatic nitrogens is 4. The number of phenols is 1. The first-order valence-corrected chi connectivity index (χ1v) is 6.19. The van der Waals surface area contributed by atoms with Gasteiger partial charge in [-0.3, -0.25) is 4.40 Å². The Hall–Kier alpha value is -2.08. The van der Waals surface area contributed by atoms with Crippen LogP contribution in [0.15, 0.2) is 46.6 Å². The Morgan fingerprint density at radius 1 is 1.17 bits per heavy atom. The van der Waals surface area contributed by atoms with Crippen LogP contribution < -0.4 is 0 Å². The number of hydrogen-bond donors (Lipinski definition) is 1. The molecule has 1 aromatic carbocycles. The summed E-state index contributed by atoms with van der Waals surface area (Å²) in [5.74, 6) is 1.09. The zero-order valence-electron chi connectivity index (χ0n) is 9.61. The average molecular weight is 258 g/mol. The Morgan fingerprint density at radius 2 is 1.94 bits per heavy atom. The van der Waals surface area contributed by atoms with E-state index in [1.54, 1.807) is 18.3 Å². The highest BCUT2D eigenvalue weighted by Gasteiger charge is 2.09. The lowest BCUT2D eigenvalue weighted by molar-refractivity contribution is 0.475. The third-order valence-corrected chi connectivity index (χ3v) is 3.51. The molecule has 0 aliphatic carbocycles. The minimum atomic E-state index is 0.254. The summed E-state index contributed by atoms with van der Waals surface area (Å²) in [7, 11) is 0. The van der Waals surface area contributed by atoms with Crippen LogP contribution >= 0.6 is 11.8 Å². The predicted molar refractivity (Wildman–Crippen MR) is 67.7 cm³/mol. The standard InChI is InChI=1S/C12H10N4OS/c1-8-14-15-11-12(13-6-7-16(8)11)18-10-4-2-9(17)3-5-10/h2-7,17H,1H3. The minimum Gasteiger partial charge on any atom is -0.508 e. The third kappa shape index (κ3) is 1.91. The number of rotatable bonds is 2. The van der Waals surface area contributed by atoms with Crippen molar-refractivity contribution in [2.24, 2.45) is 0 Å². The van der Waals surface area contributed by atoms with Crippen LogP contribution in [-0.2, 0) is 0 Å². The fourth-order valence-electron chi connectivity index (χ4n) is 1.62. The maximum atomic E-state index is 9.25. The van der Waals surface area contributed by atoms with Gasteiger partial charge in [-0.15, -0.1) is 10.2 Å². The second kappa shape index (κ2) is 4.30. The van der Waals surface area contributed by atoms with Crippen LogP contribution in [0.2, 0.25) is 0 Å². The number of hydrogen-bond acceptors (Lipinski definition) is 5. The van der Waals surface area contributed by atoms with E-state index in [9.17, 15) is 5.11 Å². The van der Waals surface area contributed by atoms with Gasteiger partial charge in [0, 0.05) is 17.3 Å². The van der Waals surface area contributed by atoms with Crippen LogP contribution in [0.5, 0.6) is 5.75 Å². The molecule has 0 spiro atoms. The van der Waals surface area contributed by atoms with Crippen LogP contribution in [0.4, 0.5) is 0 Å². The molecule has 2 aromatic heterocycles. The highest BCUT2D eigenvalue weighted by atomic mass is 32.2. The summed E-state index contributed by atoms with van der Waals surface area (Å²) in [6.07, 6.45) is 3.57. The molecule has 2 heterocycles. The van der Waals surface area contributed by atoms with E-state index in [1.165, 1.54) is 11.8 Å². The molecule has 1 N–H and O–H groups in total. The quantitative estimate of drug-likeness (QED) is 0.764. The molecule has 90 valence electrons. The maximum Gasteiger partial charge on any atom is 0.193 e. The molecule has 0 saturated heterocycles. The first-order chi connectivity index (χ1) is 8.74. The molecule has 6 heteroatoms. The van der Waals surface area contributed by atoms with Crippen molar-refractivity contribution in [1.29, 1.82) is 0 Å². The summed E-state index contributed by atoms with van der Waals surface area (Å²) in [6, 6.07) is 6.98. The summed E-state index contributed by atoms with van der Waals surface area (Å²) in [5, 5.41) is 18.2. The third-order valence-electron chi connectivity index (χ3n) is 2.52. The summed E-state index contributed by atoms with van der Waals surface area (Å²) >= 11 is 1.49. The van der Waals surface area contributed by atoms with Crippen molar-refractivity contribution in [3.63, 3.8) is 0 Å². The number of nitrogens with zero attached hydrogens (tertiary/aromatic N) is 4. The first kappa shape index (κ1) is 11.0. The lowest BCUT2D eigenvalue weighted by atomic mass is 10.3. The Balaban J connectivity index is 2.02. The topological polar surface area (TPSA) is 63.3 Å². The predicted octanol–water partition coefficient (Wildman–Crippen LogP) is 2.29. The summed E-state index contributed by atoms with van der Waals surface area (Å²) in [5.41, 5.74) is 0.744. The van der Waals surface area contributed by atoms with Crippen molar-refractivity contribution < 1.29 is 5.11 Å². The molecule has 0 bridgehead atoms. The monoisotopic (exact) mass is 258 g/mol. The van der Waals surface area contributed by atoms with Gasteiger partial charge in [0.1, 0.15) is 16.6 Å². The molecule has 0 aliphatic rings. The second-order valence-electron chi connectivity index (χ2n) is 3.77. The van der Waals surface area contributed by atoms with Crippen molar-refractivity contribution in [1.82, 2.24) is 19.6 Å². The van der Waals surface area contributed by atoms with E-state index in [4.69, 9.17) is 0 Å². The zero-order valence-corrected chi connectivity index (χ0v) is 10.4. The molecule has 0 fully saturated rings. The van der Waals surface area contributed by atoms with Crippen LogP contribution in [0.1, 0.15) is 5.82 Å². The van der Waals surface area contributed by atoms with Gasteiger partial charge in [-0.05, 0) is 31.2 Å². The van der Waals surface area contributed by atoms with Gasteiger partial charge < -0.3 is 5.11 Å². The minimum absolute atomic E-state index is 0.254. The van der Waals surface area contributed by atoms with Crippen molar-refractivity contribution in [3.05, 3.63) is 42.5 Å². The number of benzene rings is 1. The van der Waals surface area contributed by atoms with E-state index in [1.807, 2.05) is 29.7 Å². The molecule has 0 unspecified atom stereocenters. The lowest BCUT2D eigenvalue weighted by Gasteiger charge is -2.02. The van der Waals surface area contributed by atoms with E-state index in [0.29, 0.717) is 0 Å². The molecule has 0 amide bonds. The van der Waals surface area contributed by atoms with Gasteiger partial charge in [-0.1, -0.05) is 11.8 Å². The fourth-order valence-corrected chi connectivity index (χ4v) is 2.46. The molecule has 0 radical (unpaired) electrons. The smallest absolute Gasteiger partial charge is 0.193 e. The highest BCUT2D eigenvalue weighted by Crippen LogP contribution is 2.29. The van der Waals surface area contributed by atoms with Gasteiger partial charge in [-0.2, -0.15) is 0 Å². The fraction of sp³-hybridized carbons (Fsp3) is 0.0833. The van der Waals surface area contributed by atoms with E-state index < -0.39 is 0 Å². The van der Waals surface area contributed by atoms with Crippen molar-refractivity contribution in [2.45, 2.75) is 16.8 Å². The second-order valence-corrected chi connectivity index (χ2v) is 4.83. The van der Waals surface area contributed by atoms with Crippen molar-refractivity contribution in [2.75, 3.05) is 0 Å². The molecule has 3 aromatic rings. The van der Waals surface area contributed by atoms with Crippen LogP contribution in [0.25, 0.3) is 5.65 Å². The molecule has 0 aliphatic heterocycles. The number of aryl methyl sites for hydroxylation is 1. The molecule has 18 heavy (non-hydrogen) atoms. The van der Waals surface area contributed by atoms with Gasteiger partial charge in [0.15, 0.2) is 5.65 Å².